The number of aryl methyl sites for hydroxylation is 1. The highest BCUT2D eigenvalue weighted by atomic mass is 32.2. The number of carboxylic acids is 1. The molecule has 0 saturated carbocycles. The molecule has 0 unspecified atom stereocenters. The summed E-state index contributed by atoms with van der Waals surface area (Å²) in [5, 5.41) is 8.96. The third kappa shape index (κ3) is 3.46. The summed E-state index contributed by atoms with van der Waals surface area (Å²) < 4.78 is 38.2. The Morgan fingerprint density at radius 2 is 2.05 bits per heavy atom. The number of aromatic carboxylic acids is 1. The molecular formula is C11H15NO5S3. The molecule has 0 spiro atoms. The van der Waals surface area contributed by atoms with Crippen molar-refractivity contribution >= 4 is 38.1 Å². The summed E-state index contributed by atoms with van der Waals surface area (Å²) >= 11 is 0.754. The van der Waals surface area contributed by atoms with Gasteiger partial charge < -0.3 is 5.11 Å². The number of carbonyl (C=O) groups is 1. The second-order valence-electron chi connectivity index (χ2n) is 4.63. The van der Waals surface area contributed by atoms with Crippen molar-refractivity contribution in [3.8, 4) is 0 Å². The minimum absolute atomic E-state index is 0.0131. The smallest absolute Gasteiger partial charge is 0.346 e. The quantitative estimate of drug-likeness (QED) is 0.852. The molecule has 0 aromatic carbocycles. The minimum Gasteiger partial charge on any atom is -0.477 e. The van der Waals surface area contributed by atoms with Gasteiger partial charge in [-0.15, -0.1) is 11.3 Å². The molecule has 0 atom stereocenters. The van der Waals surface area contributed by atoms with Gasteiger partial charge in [0.2, 0.25) is 10.0 Å². The maximum atomic E-state index is 12.2. The number of sulfonamides is 1. The molecule has 2 N–H and O–H groups in total. The van der Waals surface area contributed by atoms with E-state index in [4.69, 9.17) is 5.11 Å². The van der Waals surface area contributed by atoms with Crippen LogP contribution in [0.1, 0.15) is 28.1 Å². The number of rotatable bonds is 4. The molecule has 0 radical (unpaired) electrons. The lowest BCUT2D eigenvalue weighted by atomic mass is 10.2. The van der Waals surface area contributed by atoms with Crippen molar-refractivity contribution in [3.05, 3.63) is 16.5 Å². The van der Waals surface area contributed by atoms with E-state index in [0.29, 0.717) is 29.9 Å². The van der Waals surface area contributed by atoms with E-state index in [0.717, 1.165) is 11.3 Å². The Balaban J connectivity index is 2.16. The van der Waals surface area contributed by atoms with Crippen molar-refractivity contribution in [2.75, 3.05) is 11.5 Å². The Morgan fingerprint density at radius 3 is 2.55 bits per heavy atom. The van der Waals surface area contributed by atoms with E-state index in [-0.39, 0.29) is 15.1 Å². The molecule has 1 saturated heterocycles. The first kappa shape index (κ1) is 15.6. The van der Waals surface area contributed by atoms with Gasteiger partial charge in [-0.3, -0.25) is 4.21 Å². The van der Waals surface area contributed by atoms with E-state index >= 15 is 0 Å². The highest BCUT2D eigenvalue weighted by Crippen LogP contribution is 2.26. The Hall–Kier alpha value is -0.770. The molecular weight excluding hydrogens is 322 g/mol. The molecule has 0 aliphatic carbocycles. The molecule has 1 aromatic heterocycles. The summed E-state index contributed by atoms with van der Waals surface area (Å²) in [4.78, 5) is 11.0. The van der Waals surface area contributed by atoms with Gasteiger partial charge in [0.15, 0.2) is 0 Å². The molecule has 2 heterocycles. The van der Waals surface area contributed by atoms with Gasteiger partial charge in [0.05, 0.1) is 0 Å². The highest BCUT2D eigenvalue weighted by Gasteiger charge is 2.26. The van der Waals surface area contributed by atoms with Gasteiger partial charge in [-0.1, -0.05) is 0 Å². The summed E-state index contributed by atoms with van der Waals surface area (Å²) in [5.74, 6) is -0.129. The molecule has 112 valence electrons. The molecule has 6 nitrogen and oxygen atoms in total. The molecule has 1 aliphatic heterocycles. The van der Waals surface area contributed by atoms with Gasteiger partial charge in [0.25, 0.3) is 0 Å². The third-order valence-electron chi connectivity index (χ3n) is 3.06. The van der Waals surface area contributed by atoms with Gasteiger partial charge >= 0.3 is 5.97 Å². The number of nitrogens with one attached hydrogen (secondary N) is 1. The second kappa shape index (κ2) is 5.92. The fourth-order valence-corrected chi connectivity index (χ4v) is 5.99. The van der Waals surface area contributed by atoms with Gasteiger partial charge in [-0.25, -0.2) is 17.9 Å². The van der Waals surface area contributed by atoms with Crippen LogP contribution in [0.3, 0.4) is 0 Å². The summed E-state index contributed by atoms with van der Waals surface area (Å²) in [6.07, 6.45) is 1.09. The fourth-order valence-electron chi connectivity index (χ4n) is 1.99. The number of carboxylic acid groups (broad SMARTS) is 1. The van der Waals surface area contributed by atoms with Crippen molar-refractivity contribution in [1.82, 2.24) is 4.72 Å². The molecule has 1 fully saturated rings. The van der Waals surface area contributed by atoms with Crippen LogP contribution in [0, 0.1) is 6.92 Å². The van der Waals surface area contributed by atoms with E-state index in [1.54, 1.807) is 6.92 Å². The zero-order valence-electron chi connectivity index (χ0n) is 10.8. The Morgan fingerprint density at radius 1 is 1.45 bits per heavy atom. The normalized spacial score (nSPS) is 23.6. The Bertz CT molecular complexity index is 639. The zero-order chi connectivity index (χ0) is 14.9. The van der Waals surface area contributed by atoms with Crippen molar-refractivity contribution in [2.24, 2.45) is 0 Å². The lowest BCUT2D eigenvalue weighted by Gasteiger charge is -2.21. The molecule has 1 aliphatic rings. The van der Waals surface area contributed by atoms with Crippen LogP contribution in [0.4, 0.5) is 0 Å². The van der Waals surface area contributed by atoms with E-state index < -0.39 is 26.8 Å². The Labute approximate surface area is 123 Å². The molecule has 9 heteroatoms. The predicted molar refractivity (Wildman–Crippen MR) is 77.2 cm³/mol. The average Bonchev–Trinajstić information content (AvgIpc) is 2.75. The monoisotopic (exact) mass is 337 g/mol. The largest absolute Gasteiger partial charge is 0.477 e. The van der Waals surface area contributed by atoms with Crippen LogP contribution in [0.5, 0.6) is 0 Å². The SMILES string of the molecule is Cc1cc(S(=O)(=O)NC2CCS(=O)CC2)sc1C(=O)O. The molecule has 0 bridgehead atoms. The van der Waals surface area contributed by atoms with Gasteiger partial charge in [0.1, 0.15) is 9.09 Å². The summed E-state index contributed by atoms with van der Waals surface area (Å²) in [5.41, 5.74) is 0.438. The fraction of sp³-hybridized carbons (Fsp3) is 0.545. The van der Waals surface area contributed by atoms with Crippen molar-refractivity contribution in [3.63, 3.8) is 0 Å². The molecule has 20 heavy (non-hydrogen) atoms. The lowest BCUT2D eigenvalue weighted by molar-refractivity contribution is 0.0701. The van der Waals surface area contributed by atoms with Crippen molar-refractivity contribution in [1.29, 1.82) is 0 Å². The van der Waals surface area contributed by atoms with E-state index in [2.05, 4.69) is 4.72 Å². The first-order valence-corrected chi connectivity index (χ1v) is 9.79. The first-order chi connectivity index (χ1) is 9.29. The van der Waals surface area contributed by atoms with Gasteiger partial charge in [0, 0.05) is 28.3 Å². The second-order valence-corrected chi connectivity index (χ2v) is 9.32. The molecule has 2 rings (SSSR count). The van der Waals surface area contributed by atoms with Crippen LogP contribution in [0.15, 0.2) is 10.3 Å². The van der Waals surface area contributed by atoms with Crippen LogP contribution in [0.2, 0.25) is 0 Å². The predicted octanol–water partition coefficient (Wildman–Crippen LogP) is 0.944. The summed E-state index contributed by atoms with van der Waals surface area (Å²) in [6, 6.07) is 1.14. The summed E-state index contributed by atoms with van der Waals surface area (Å²) in [7, 11) is -4.56. The van der Waals surface area contributed by atoms with Crippen LogP contribution in [-0.2, 0) is 20.8 Å². The Kier molecular flexibility index (Phi) is 4.62. The van der Waals surface area contributed by atoms with Crippen LogP contribution < -0.4 is 4.72 Å². The third-order valence-corrected chi connectivity index (χ3v) is 7.67. The van der Waals surface area contributed by atoms with E-state index in [1.165, 1.54) is 6.07 Å². The minimum atomic E-state index is -3.71. The standard InChI is InChI=1S/C11H15NO5S3/c1-7-6-9(18-10(7)11(13)14)20(16,17)12-8-2-4-19(15)5-3-8/h6,8,12H,2-5H2,1H3,(H,13,14). The number of hydrogen-bond acceptors (Lipinski definition) is 5. The summed E-state index contributed by atoms with van der Waals surface area (Å²) in [6.45, 7) is 1.57. The van der Waals surface area contributed by atoms with E-state index in [1.807, 2.05) is 0 Å². The highest BCUT2D eigenvalue weighted by molar-refractivity contribution is 7.91. The average molecular weight is 337 g/mol. The molecule has 0 amide bonds. The van der Waals surface area contributed by atoms with Crippen LogP contribution in [-0.4, -0.2) is 41.3 Å². The van der Waals surface area contributed by atoms with Gasteiger partial charge in [-0.05, 0) is 31.4 Å². The molecule has 1 aromatic rings. The van der Waals surface area contributed by atoms with Crippen molar-refractivity contribution in [2.45, 2.75) is 30.0 Å². The zero-order valence-corrected chi connectivity index (χ0v) is 13.2. The van der Waals surface area contributed by atoms with Crippen molar-refractivity contribution < 1.29 is 22.5 Å². The number of hydrogen-bond donors (Lipinski definition) is 2. The number of thiophene rings is 1. The van der Waals surface area contributed by atoms with Gasteiger partial charge in [-0.2, -0.15) is 0 Å². The maximum absolute atomic E-state index is 12.2. The van der Waals surface area contributed by atoms with E-state index in [9.17, 15) is 17.4 Å². The maximum Gasteiger partial charge on any atom is 0.346 e. The van der Waals surface area contributed by atoms with Crippen LogP contribution >= 0.6 is 11.3 Å². The first-order valence-electron chi connectivity index (χ1n) is 6.00. The van der Waals surface area contributed by atoms with Crippen LogP contribution in [0.25, 0.3) is 0 Å². The topological polar surface area (TPSA) is 101 Å². The lowest BCUT2D eigenvalue weighted by Crippen LogP contribution is -2.39.